The summed E-state index contributed by atoms with van der Waals surface area (Å²) in [7, 11) is -3.72. The molecule has 90 valence electrons. The van der Waals surface area contributed by atoms with Crippen LogP contribution in [-0.4, -0.2) is 18.7 Å². The van der Waals surface area contributed by atoms with Crippen molar-refractivity contribution >= 4 is 10.1 Å². The lowest BCUT2D eigenvalue weighted by atomic mass is 10.1. The number of unbranched alkanes of at least 4 members (excludes halogenated alkanes) is 5. The van der Waals surface area contributed by atoms with Crippen molar-refractivity contribution in [1.29, 1.82) is 0 Å². The van der Waals surface area contributed by atoms with E-state index in [1.165, 1.54) is 19.3 Å². The van der Waals surface area contributed by atoms with Crippen molar-refractivity contribution in [1.82, 2.24) is 6.15 Å². The number of hydrogen-bond acceptors (Lipinski definition) is 3. The summed E-state index contributed by atoms with van der Waals surface area (Å²) in [5.41, 5.74) is 0. The van der Waals surface area contributed by atoms with Crippen molar-refractivity contribution in [2.75, 3.05) is 5.75 Å². The zero-order chi connectivity index (χ0) is 9.45. The molecule has 0 fully saturated rings. The van der Waals surface area contributed by atoms with Crippen molar-refractivity contribution in [2.45, 2.75) is 45.4 Å². The molecule has 0 aromatic rings. The Hall–Kier alpha value is -0.200. The lowest BCUT2D eigenvalue weighted by Gasteiger charge is -1.98. The third kappa shape index (κ3) is 17.8. The average molecular weight is 231 g/mol. The first-order chi connectivity index (χ1) is 5.56. The van der Waals surface area contributed by atoms with Gasteiger partial charge in [-0.15, -0.1) is 0 Å². The molecule has 0 rings (SSSR count). The Morgan fingerprint density at radius 3 is 1.86 bits per heavy atom. The van der Waals surface area contributed by atoms with Gasteiger partial charge in [-0.2, -0.15) is 8.42 Å². The molecule has 0 spiro atoms. The molecule has 0 aliphatic rings. The molecular weight excluding hydrogens is 209 g/mol. The monoisotopic (exact) mass is 231 g/mol. The second-order valence-electron chi connectivity index (χ2n) is 3.05. The van der Waals surface area contributed by atoms with E-state index in [0.29, 0.717) is 6.42 Å². The maximum absolute atomic E-state index is 10.3. The standard InChI is InChI=1S/C8H18O3S.FH.H3N/c1-2-3-4-5-6-7-8-12(9,10)11;;/h2-8H2,1H3,(H,9,10,11);1H;1H3. The summed E-state index contributed by atoms with van der Waals surface area (Å²) >= 11 is 0. The molecule has 0 amide bonds. The number of hydrogen-bond donors (Lipinski definition) is 2. The lowest BCUT2D eigenvalue weighted by Crippen LogP contribution is -2.03. The van der Waals surface area contributed by atoms with Crippen molar-refractivity contribution in [2.24, 2.45) is 0 Å². The smallest absolute Gasteiger partial charge is 0.264 e. The van der Waals surface area contributed by atoms with Crippen LogP contribution in [0.5, 0.6) is 0 Å². The topological polar surface area (TPSA) is 89.4 Å². The van der Waals surface area contributed by atoms with E-state index in [2.05, 4.69) is 6.92 Å². The van der Waals surface area contributed by atoms with E-state index in [0.717, 1.165) is 12.8 Å². The molecule has 4 N–H and O–H groups in total. The van der Waals surface area contributed by atoms with E-state index >= 15 is 0 Å². The van der Waals surface area contributed by atoms with E-state index in [1.807, 2.05) is 0 Å². The van der Waals surface area contributed by atoms with Crippen molar-refractivity contribution in [3.05, 3.63) is 0 Å². The molecule has 0 unspecified atom stereocenters. The highest BCUT2D eigenvalue weighted by atomic mass is 32.2. The minimum absolute atomic E-state index is 0. The van der Waals surface area contributed by atoms with Gasteiger partial charge < -0.3 is 6.15 Å². The van der Waals surface area contributed by atoms with Crippen LogP contribution >= 0.6 is 0 Å². The third-order valence-corrected chi connectivity index (χ3v) is 2.56. The highest BCUT2D eigenvalue weighted by Gasteiger charge is 2.02. The first-order valence-corrected chi connectivity index (χ1v) is 6.12. The summed E-state index contributed by atoms with van der Waals surface area (Å²) in [6.45, 7) is 2.14. The maximum atomic E-state index is 10.3. The quantitative estimate of drug-likeness (QED) is 0.520. The van der Waals surface area contributed by atoms with Gasteiger partial charge in [-0.3, -0.25) is 9.26 Å². The molecule has 0 bridgehead atoms. The molecule has 0 saturated carbocycles. The summed E-state index contributed by atoms with van der Waals surface area (Å²) in [6, 6.07) is 0. The second-order valence-corrected chi connectivity index (χ2v) is 4.63. The summed E-state index contributed by atoms with van der Waals surface area (Å²) in [5, 5.41) is 0. The summed E-state index contributed by atoms with van der Waals surface area (Å²) in [5.74, 6) is -0.0842. The van der Waals surface area contributed by atoms with Gasteiger partial charge in [0.05, 0.1) is 5.75 Å². The van der Waals surface area contributed by atoms with Crippen LogP contribution in [0, 0.1) is 0 Å². The van der Waals surface area contributed by atoms with E-state index in [1.54, 1.807) is 0 Å². The number of halogens is 1. The normalized spacial score (nSPS) is 10.1. The molecule has 0 aliphatic carbocycles. The largest absolute Gasteiger partial charge is 0.344 e. The zero-order valence-corrected chi connectivity index (χ0v) is 9.55. The Labute approximate surface area is 85.8 Å². The summed E-state index contributed by atoms with van der Waals surface area (Å²) in [4.78, 5) is 0. The molecule has 0 saturated heterocycles. The van der Waals surface area contributed by atoms with Gasteiger partial charge in [0.1, 0.15) is 0 Å². The van der Waals surface area contributed by atoms with E-state index in [9.17, 15) is 8.42 Å². The van der Waals surface area contributed by atoms with Crippen LogP contribution in [-0.2, 0) is 10.1 Å². The Morgan fingerprint density at radius 1 is 1.00 bits per heavy atom. The predicted molar refractivity (Wildman–Crippen MR) is 57.3 cm³/mol. The molecule has 6 heteroatoms. The van der Waals surface area contributed by atoms with Gasteiger partial charge in [0.15, 0.2) is 0 Å². The van der Waals surface area contributed by atoms with Crippen LogP contribution in [0.1, 0.15) is 45.4 Å². The molecule has 0 aromatic heterocycles. The fourth-order valence-corrected chi connectivity index (χ4v) is 1.63. The third-order valence-electron chi connectivity index (χ3n) is 1.76. The number of rotatable bonds is 7. The highest BCUT2D eigenvalue weighted by molar-refractivity contribution is 7.85. The minimum Gasteiger partial charge on any atom is -0.344 e. The Kier molecular flexibility index (Phi) is 15.1. The molecular formula is C8H22FNO3S. The van der Waals surface area contributed by atoms with Crippen molar-refractivity contribution in [3.63, 3.8) is 0 Å². The van der Waals surface area contributed by atoms with Gasteiger partial charge in [-0.1, -0.05) is 39.0 Å². The summed E-state index contributed by atoms with van der Waals surface area (Å²) in [6.07, 6.45) is 6.14. The van der Waals surface area contributed by atoms with Gasteiger partial charge in [0, 0.05) is 0 Å². The van der Waals surface area contributed by atoms with E-state index in [-0.39, 0.29) is 16.6 Å². The molecule has 0 heterocycles. The van der Waals surface area contributed by atoms with Crippen molar-refractivity contribution in [3.8, 4) is 0 Å². The van der Waals surface area contributed by atoms with Crippen LogP contribution < -0.4 is 6.15 Å². The predicted octanol–water partition coefficient (Wildman–Crippen LogP) is 2.55. The molecule has 0 aromatic carbocycles. The van der Waals surface area contributed by atoms with Crippen LogP contribution in [0.3, 0.4) is 0 Å². The fourth-order valence-electron chi connectivity index (χ4n) is 1.06. The highest BCUT2D eigenvalue weighted by Crippen LogP contribution is 2.05. The first-order valence-electron chi connectivity index (χ1n) is 4.51. The van der Waals surface area contributed by atoms with Gasteiger partial charge in [0.2, 0.25) is 0 Å². The molecule has 4 nitrogen and oxygen atoms in total. The first kappa shape index (κ1) is 19.4. The second kappa shape index (κ2) is 10.9. The Morgan fingerprint density at radius 2 is 1.43 bits per heavy atom. The Bertz CT molecular complexity index is 195. The van der Waals surface area contributed by atoms with Crippen molar-refractivity contribution < 1.29 is 17.7 Å². The summed E-state index contributed by atoms with van der Waals surface area (Å²) < 4.78 is 28.9. The fraction of sp³-hybridized carbons (Fsp3) is 1.00. The molecule has 0 atom stereocenters. The van der Waals surface area contributed by atoms with Crippen LogP contribution in [0.25, 0.3) is 0 Å². The van der Waals surface area contributed by atoms with Gasteiger partial charge in [-0.25, -0.2) is 0 Å². The SMILES string of the molecule is CCCCCCCCS(=O)(=O)O.F.N. The molecule has 0 aliphatic heterocycles. The lowest BCUT2D eigenvalue weighted by molar-refractivity contribution is 0.478. The minimum atomic E-state index is -3.72. The van der Waals surface area contributed by atoms with Gasteiger partial charge in [0.25, 0.3) is 10.1 Å². The van der Waals surface area contributed by atoms with Crippen LogP contribution in [0.4, 0.5) is 4.70 Å². The molecule has 14 heavy (non-hydrogen) atoms. The van der Waals surface area contributed by atoms with Gasteiger partial charge in [-0.05, 0) is 6.42 Å². The molecule has 0 radical (unpaired) electrons. The maximum Gasteiger partial charge on any atom is 0.264 e. The zero-order valence-electron chi connectivity index (χ0n) is 8.74. The van der Waals surface area contributed by atoms with E-state index < -0.39 is 10.1 Å². The Balaban J connectivity index is -0.000000605. The van der Waals surface area contributed by atoms with Crippen LogP contribution in [0.15, 0.2) is 0 Å². The average Bonchev–Trinajstić information content (AvgIpc) is 1.94. The van der Waals surface area contributed by atoms with Crippen LogP contribution in [0.2, 0.25) is 0 Å². The van der Waals surface area contributed by atoms with E-state index in [4.69, 9.17) is 4.55 Å². The van der Waals surface area contributed by atoms with Gasteiger partial charge >= 0.3 is 0 Å².